The molecule has 0 amide bonds. The summed E-state index contributed by atoms with van der Waals surface area (Å²) in [6.45, 7) is 2.09. The van der Waals surface area contributed by atoms with Gasteiger partial charge in [-0.05, 0) is 30.7 Å². The molecule has 94 valence electrons. The fourth-order valence-electron chi connectivity index (χ4n) is 1.94. The molecule has 2 N–H and O–H groups in total. The highest BCUT2D eigenvalue weighted by Gasteiger charge is 2.16. The molecule has 0 saturated heterocycles. The second kappa shape index (κ2) is 5.27. The van der Waals surface area contributed by atoms with E-state index in [0.29, 0.717) is 5.82 Å². The maximum atomic E-state index is 6.22. The second-order valence-corrected chi connectivity index (χ2v) is 4.62. The van der Waals surface area contributed by atoms with Gasteiger partial charge in [0.2, 0.25) is 0 Å². The second-order valence-electron chi connectivity index (χ2n) is 4.22. The standard InChI is InChI=1S/C14H16ClN3/c1-10(11-6-3-4-7-12(11)15)18(2)13-8-5-9-17-14(13)16/h3-10H,1-2H3,(H2,16,17). The Kier molecular flexibility index (Phi) is 3.72. The third kappa shape index (κ3) is 2.41. The largest absolute Gasteiger partial charge is 0.382 e. The van der Waals surface area contributed by atoms with Crippen LogP contribution in [-0.2, 0) is 0 Å². The first-order valence-corrected chi connectivity index (χ1v) is 6.17. The summed E-state index contributed by atoms with van der Waals surface area (Å²) in [4.78, 5) is 6.17. The molecule has 2 aromatic rings. The van der Waals surface area contributed by atoms with E-state index >= 15 is 0 Å². The predicted octanol–water partition coefficient (Wildman–Crippen LogP) is 3.51. The van der Waals surface area contributed by atoms with Gasteiger partial charge in [-0.3, -0.25) is 0 Å². The lowest BCUT2D eigenvalue weighted by Crippen LogP contribution is -2.23. The van der Waals surface area contributed by atoms with Crippen LogP contribution in [-0.4, -0.2) is 12.0 Å². The number of anilines is 2. The van der Waals surface area contributed by atoms with E-state index in [2.05, 4.69) is 16.8 Å². The number of rotatable bonds is 3. The minimum absolute atomic E-state index is 0.130. The molecular weight excluding hydrogens is 246 g/mol. The number of nitrogens with two attached hydrogens (primary N) is 1. The van der Waals surface area contributed by atoms with Gasteiger partial charge in [-0.2, -0.15) is 0 Å². The smallest absolute Gasteiger partial charge is 0.146 e. The summed E-state index contributed by atoms with van der Waals surface area (Å²) < 4.78 is 0. The van der Waals surface area contributed by atoms with E-state index in [9.17, 15) is 0 Å². The van der Waals surface area contributed by atoms with Gasteiger partial charge in [-0.1, -0.05) is 29.8 Å². The number of nitrogen functional groups attached to an aromatic ring is 1. The van der Waals surface area contributed by atoms with E-state index in [0.717, 1.165) is 16.3 Å². The molecule has 0 bridgehead atoms. The van der Waals surface area contributed by atoms with Crippen molar-refractivity contribution in [3.05, 3.63) is 53.2 Å². The molecule has 0 radical (unpaired) electrons. The average Bonchev–Trinajstić information content (AvgIpc) is 2.38. The van der Waals surface area contributed by atoms with Gasteiger partial charge in [0.1, 0.15) is 5.82 Å². The molecular formula is C14H16ClN3. The van der Waals surface area contributed by atoms with E-state index in [4.69, 9.17) is 17.3 Å². The maximum absolute atomic E-state index is 6.22. The van der Waals surface area contributed by atoms with Crippen molar-refractivity contribution in [1.82, 2.24) is 4.98 Å². The lowest BCUT2D eigenvalue weighted by Gasteiger charge is -2.28. The fourth-order valence-corrected chi connectivity index (χ4v) is 2.23. The molecule has 1 aromatic carbocycles. The first-order valence-electron chi connectivity index (χ1n) is 5.79. The van der Waals surface area contributed by atoms with Crippen molar-refractivity contribution in [2.45, 2.75) is 13.0 Å². The van der Waals surface area contributed by atoms with E-state index < -0.39 is 0 Å². The summed E-state index contributed by atoms with van der Waals surface area (Å²) in [7, 11) is 1.99. The molecule has 1 aromatic heterocycles. The Morgan fingerprint density at radius 1 is 1.22 bits per heavy atom. The first-order chi connectivity index (χ1) is 8.61. The molecule has 0 aliphatic heterocycles. The average molecular weight is 262 g/mol. The van der Waals surface area contributed by atoms with E-state index in [1.807, 2.05) is 43.4 Å². The van der Waals surface area contributed by atoms with Crippen LogP contribution in [0.1, 0.15) is 18.5 Å². The number of pyridine rings is 1. The predicted molar refractivity (Wildman–Crippen MR) is 76.9 cm³/mol. The monoisotopic (exact) mass is 261 g/mol. The number of aromatic nitrogens is 1. The molecule has 0 aliphatic rings. The van der Waals surface area contributed by atoms with E-state index in [-0.39, 0.29) is 6.04 Å². The Bertz CT molecular complexity index is 493. The van der Waals surface area contributed by atoms with E-state index in [1.165, 1.54) is 0 Å². The highest BCUT2D eigenvalue weighted by Crippen LogP contribution is 2.31. The van der Waals surface area contributed by atoms with Gasteiger partial charge in [0, 0.05) is 18.3 Å². The van der Waals surface area contributed by atoms with Crippen LogP contribution in [0.4, 0.5) is 11.5 Å². The number of hydrogen-bond donors (Lipinski definition) is 1. The van der Waals surface area contributed by atoms with Gasteiger partial charge in [-0.15, -0.1) is 0 Å². The molecule has 0 spiro atoms. The van der Waals surface area contributed by atoms with Crippen molar-refractivity contribution in [2.24, 2.45) is 0 Å². The Balaban J connectivity index is 2.33. The van der Waals surface area contributed by atoms with Crippen molar-refractivity contribution in [1.29, 1.82) is 0 Å². The molecule has 3 nitrogen and oxygen atoms in total. The molecule has 18 heavy (non-hydrogen) atoms. The zero-order valence-corrected chi connectivity index (χ0v) is 11.2. The van der Waals surface area contributed by atoms with Crippen LogP contribution >= 0.6 is 11.6 Å². The van der Waals surface area contributed by atoms with Gasteiger partial charge >= 0.3 is 0 Å². The van der Waals surface area contributed by atoms with Crippen LogP contribution in [0.15, 0.2) is 42.6 Å². The number of halogens is 1. The van der Waals surface area contributed by atoms with Crippen LogP contribution in [0.2, 0.25) is 5.02 Å². The van der Waals surface area contributed by atoms with Gasteiger partial charge in [0.05, 0.1) is 11.7 Å². The van der Waals surface area contributed by atoms with Crippen molar-refractivity contribution in [3.63, 3.8) is 0 Å². The first kappa shape index (κ1) is 12.7. The van der Waals surface area contributed by atoms with Crippen LogP contribution < -0.4 is 10.6 Å². The molecule has 1 atom stereocenters. The summed E-state index contributed by atoms with van der Waals surface area (Å²) in [6, 6.07) is 11.8. The summed E-state index contributed by atoms with van der Waals surface area (Å²) in [5.74, 6) is 0.527. The Morgan fingerprint density at radius 3 is 2.61 bits per heavy atom. The number of nitrogens with zero attached hydrogens (tertiary/aromatic N) is 2. The molecule has 1 heterocycles. The summed E-state index contributed by atoms with van der Waals surface area (Å²) in [5, 5.41) is 0.763. The number of benzene rings is 1. The maximum Gasteiger partial charge on any atom is 0.146 e. The van der Waals surface area contributed by atoms with Gasteiger partial charge < -0.3 is 10.6 Å². The highest BCUT2D eigenvalue weighted by molar-refractivity contribution is 6.31. The van der Waals surface area contributed by atoms with Gasteiger partial charge in [-0.25, -0.2) is 4.98 Å². The Hall–Kier alpha value is -1.74. The highest BCUT2D eigenvalue weighted by atomic mass is 35.5. The Morgan fingerprint density at radius 2 is 1.94 bits per heavy atom. The van der Waals surface area contributed by atoms with E-state index in [1.54, 1.807) is 6.20 Å². The third-order valence-electron chi connectivity index (χ3n) is 3.13. The molecule has 1 unspecified atom stereocenters. The number of hydrogen-bond acceptors (Lipinski definition) is 3. The fraction of sp³-hybridized carbons (Fsp3) is 0.214. The molecule has 4 heteroatoms. The SMILES string of the molecule is CC(c1ccccc1Cl)N(C)c1cccnc1N. The Labute approximate surface area is 112 Å². The van der Waals surface area contributed by atoms with Crippen molar-refractivity contribution < 1.29 is 0 Å². The molecule has 0 fully saturated rings. The lowest BCUT2D eigenvalue weighted by atomic mass is 10.1. The van der Waals surface area contributed by atoms with Crippen LogP contribution in [0, 0.1) is 0 Å². The minimum atomic E-state index is 0.130. The normalized spacial score (nSPS) is 12.2. The van der Waals surface area contributed by atoms with Crippen LogP contribution in [0.5, 0.6) is 0 Å². The van der Waals surface area contributed by atoms with Crippen LogP contribution in [0.3, 0.4) is 0 Å². The van der Waals surface area contributed by atoms with Crippen molar-refractivity contribution in [2.75, 3.05) is 17.7 Å². The summed E-state index contributed by atoms with van der Waals surface area (Å²) >= 11 is 6.22. The van der Waals surface area contributed by atoms with Crippen molar-refractivity contribution in [3.8, 4) is 0 Å². The minimum Gasteiger partial charge on any atom is -0.382 e. The van der Waals surface area contributed by atoms with Crippen LogP contribution in [0.25, 0.3) is 0 Å². The van der Waals surface area contributed by atoms with Gasteiger partial charge in [0.25, 0.3) is 0 Å². The van der Waals surface area contributed by atoms with Crippen molar-refractivity contribution >= 4 is 23.1 Å². The zero-order chi connectivity index (χ0) is 13.1. The molecule has 0 saturated carbocycles. The quantitative estimate of drug-likeness (QED) is 0.919. The summed E-state index contributed by atoms with van der Waals surface area (Å²) in [5.41, 5.74) is 7.87. The molecule has 2 rings (SSSR count). The molecule has 0 aliphatic carbocycles. The third-order valence-corrected chi connectivity index (χ3v) is 3.48. The topological polar surface area (TPSA) is 42.2 Å². The lowest BCUT2D eigenvalue weighted by molar-refractivity contribution is 0.739. The summed E-state index contributed by atoms with van der Waals surface area (Å²) in [6.07, 6.45) is 1.69. The zero-order valence-electron chi connectivity index (χ0n) is 10.5. The van der Waals surface area contributed by atoms with Gasteiger partial charge in [0.15, 0.2) is 0 Å².